The lowest BCUT2D eigenvalue weighted by Crippen LogP contribution is -2.14. The molecule has 1 N–H and O–H groups in total. The fraction of sp³-hybridized carbons (Fsp3) is 0.200. The predicted octanol–water partition coefficient (Wildman–Crippen LogP) is 5.25. The van der Waals surface area contributed by atoms with E-state index in [4.69, 9.17) is 9.47 Å². The molecule has 1 heterocycles. The van der Waals surface area contributed by atoms with Crippen molar-refractivity contribution in [2.45, 2.75) is 6.18 Å². The summed E-state index contributed by atoms with van der Waals surface area (Å²) in [6.45, 7) is 0.304. The highest BCUT2D eigenvalue weighted by molar-refractivity contribution is 7.17. The second kappa shape index (κ2) is 9.23. The van der Waals surface area contributed by atoms with Gasteiger partial charge in [0, 0.05) is 12.7 Å². The lowest BCUT2D eigenvalue weighted by atomic mass is 10.1. The van der Waals surface area contributed by atoms with E-state index >= 15 is 0 Å². The van der Waals surface area contributed by atoms with Gasteiger partial charge in [0.15, 0.2) is 0 Å². The number of amides is 1. The van der Waals surface area contributed by atoms with E-state index in [1.165, 1.54) is 31.5 Å². The van der Waals surface area contributed by atoms with Crippen molar-refractivity contribution in [3.05, 3.63) is 64.9 Å². The number of benzene rings is 2. The minimum atomic E-state index is -4.59. The Morgan fingerprint density at radius 1 is 1.17 bits per heavy atom. The van der Waals surface area contributed by atoms with Gasteiger partial charge in [0.05, 0.1) is 24.1 Å². The van der Waals surface area contributed by atoms with Crippen molar-refractivity contribution in [1.82, 2.24) is 4.98 Å². The first-order valence-electron chi connectivity index (χ1n) is 8.64. The van der Waals surface area contributed by atoms with Crippen LogP contribution in [0.2, 0.25) is 0 Å². The summed E-state index contributed by atoms with van der Waals surface area (Å²) in [5.74, 6) is -1.12. The van der Waals surface area contributed by atoms with Crippen molar-refractivity contribution in [3.63, 3.8) is 0 Å². The number of hydrogen-bond donors (Lipinski definition) is 1. The highest BCUT2D eigenvalue weighted by Gasteiger charge is 2.31. The summed E-state index contributed by atoms with van der Waals surface area (Å²) >= 11 is 0.918. The van der Waals surface area contributed by atoms with Gasteiger partial charge in [-0.15, -0.1) is 11.3 Å². The summed E-state index contributed by atoms with van der Waals surface area (Å²) in [4.78, 5) is 16.7. The summed E-state index contributed by atoms with van der Waals surface area (Å²) in [7, 11) is 1.45. The Hall–Kier alpha value is -2.98. The maximum absolute atomic E-state index is 13.9. The molecule has 158 valence electrons. The fourth-order valence-electron chi connectivity index (χ4n) is 2.49. The van der Waals surface area contributed by atoms with Gasteiger partial charge < -0.3 is 14.8 Å². The number of rotatable bonds is 7. The largest absolute Gasteiger partial charge is 0.489 e. The van der Waals surface area contributed by atoms with Gasteiger partial charge in [0.25, 0.3) is 5.91 Å². The number of alkyl halides is 3. The Morgan fingerprint density at radius 3 is 2.63 bits per heavy atom. The SMILES string of the molecule is COCCOc1ccc(C(F)(F)F)cc1NC(=O)c1cnc(-c2ccccc2F)s1. The van der Waals surface area contributed by atoms with E-state index in [0.717, 1.165) is 29.5 Å². The Morgan fingerprint density at radius 2 is 1.93 bits per heavy atom. The van der Waals surface area contributed by atoms with Gasteiger partial charge in [-0.1, -0.05) is 12.1 Å². The van der Waals surface area contributed by atoms with Crippen LogP contribution in [0.4, 0.5) is 23.2 Å². The molecule has 1 amide bonds. The first-order valence-corrected chi connectivity index (χ1v) is 9.46. The second-order valence-electron chi connectivity index (χ2n) is 6.01. The molecular weight excluding hydrogens is 424 g/mol. The average molecular weight is 440 g/mol. The number of hydrogen-bond acceptors (Lipinski definition) is 5. The van der Waals surface area contributed by atoms with E-state index in [1.807, 2.05) is 0 Å². The van der Waals surface area contributed by atoms with E-state index in [2.05, 4.69) is 10.3 Å². The van der Waals surface area contributed by atoms with Crippen molar-refractivity contribution in [1.29, 1.82) is 0 Å². The van der Waals surface area contributed by atoms with Crippen LogP contribution in [0.15, 0.2) is 48.7 Å². The molecule has 3 aromatic rings. The third-order valence-corrected chi connectivity index (χ3v) is 4.96. The molecule has 2 aromatic carbocycles. The van der Waals surface area contributed by atoms with Gasteiger partial charge in [-0.3, -0.25) is 4.79 Å². The molecule has 0 fully saturated rings. The van der Waals surface area contributed by atoms with Crippen LogP contribution < -0.4 is 10.1 Å². The lowest BCUT2D eigenvalue weighted by Gasteiger charge is -2.15. The number of carbonyl (C=O) groups excluding carboxylic acids is 1. The third-order valence-electron chi connectivity index (χ3n) is 3.93. The Bertz CT molecular complexity index is 1040. The summed E-state index contributed by atoms with van der Waals surface area (Å²) in [6, 6.07) is 8.73. The smallest absolute Gasteiger partial charge is 0.416 e. The van der Waals surface area contributed by atoms with Crippen LogP contribution in [0.1, 0.15) is 15.2 Å². The second-order valence-corrected chi connectivity index (χ2v) is 7.04. The number of nitrogens with one attached hydrogen (secondary N) is 1. The van der Waals surface area contributed by atoms with Crippen LogP contribution in [0, 0.1) is 5.82 Å². The molecule has 0 aliphatic carbocycles. The molecule has 0 aliphatic heterocycles. The Labute approximate surface area is 173 Å². The van der Waals surface area contributed by atoms with Gasteiger partial charge in [0.1, 0.15) is 28.1 Å². The molecule has 0 aliphatic rings. The van der Waals surface area contributed by atoms with E-state index < -0.39 is 23.5 Å². The van der Waals surface area contributed by atoms with Crippen LogP contribution in [0.3, 0.4) is 0 Å². The molecule has 0 saturated heterocycles. The minimum Gasteiger partial charge on any atom is -0.489 e. The van der Waals surface area contributed by atoms with Crippen molar-refractivity contribution in [2.75, 3.05) is 25.6 Å². The zero-order valence-corrected chi connectivity index (χ0v) is 16.4. The summed E-state index contributed by atoms with van der Waals surface area (Å²) < 4.78 is 63.4. The van der Waals surface area contributed by atoms with E-state index in [-0.39, 0.29) is 40.1 Å². The topological polar surface area (TPSA) is 60.5 Å². The van der Waals surface area contributed by atoms with Crippen molar-refractivity contribution in [3.8, 4) is 16.3 Å². The molecule has 0 unspecified atom stereocenters. The third kappa shape index (κ3) is 5.14. The van der Waals surface area contributed by atoms with E-state index in [1.54, 1.807) is 6.07 Å². The maximum atomic E-state index is 13.9. The number of aromatic nitrogens is 1. The molecule has 10 heteroatoms. The van der Waals surface area contributed by atoms with Crippen LogP contribution in [0.5, 0.6) is 5.75 Å². The summed E-state index contributed by atoms with van der Waals surface area (Å²) in [5, 5.41) is 2.69. The van der Waals surface area contributed by atoms with Gasteiger partial charge in [-0.2, -0.15) is 13.2 Å². The van der Waals surface area contributed by atoms with Crippen molar-refractivity contribution in [2.24, 2.45) is 0 Å². The minimum absolute atomic E-state index is 0.0623. The highest BCUT2D eigenvalue weighted by Crippen LogP contribution is 2.36. The van der Waals surface area contributed by atoms with E-state index in [0.29, 0.717) is 0 Å². The molecule has 0 saturated carbocycles. The van der Waals surface area contributed by atoms with Crippen molar-refractivity contribution < 1.29 is 31.8 Å². The number of thiazole rings is 1. The van der Waals surface area contributed by atoms with Gasteiger partial charge >= 0.3 is 6.18 Å². The molecule has 3 rings (SSSR count). The van der Waals surface area contributed by atoms with Crippen LogP contribution in [0.25, 0.3) is 10.6 Å². The number of halogens is 4. The van der Waals surface area contributed by atoms with Gasteiger partial charge in [-0.25, -0.2) is 9.37 Å². The van der Waals surface area contributed by atoms with Gasteiger partial charge in [-0.05, 0) is 30.3 Å². The first-order chi connectivity index (χ1) is 14.3. The Balaban J connectivity index is 1.85. The summed E-state index contributed by atoms with van der Waals surface area (Å²) in [5.41, 5.74) is -0.857. The van der Waals surface area contributed by atoms with Crippen LogP contribution >= 0.6 is 11.3 Å². The lowest BCUT2D eigenvalue weighted by molar-refractivity contribution is -0.137. The quantitative estimate of drug-likeness (QED) is 0.403. The summed E-state index contributed by atoms with van der Waals surface area (Å²) in [6.07, 6.45) is -3.35. The van der Waals surface area contributed by atoms with Gasteiger partial charge in [0.2, 0.25) is 0 Å². The molecule has 0 radical (unpaired) electrons. The normalized spacial score (nSPS) is 11.4. The highest BCUT2D eigenvalue weighted by atomic mass is 32.1. The number of nitrogens with zero attached hydrogens (tertiary/aromatic N) is 1. The van der Waals surface area contributed by atoms with Crippen molar-refractivity contribution >= 4 is 22.9 Å². The fourth-order valence-corrected chi connectivity index (χ4v) is 3.33. The molecule has 1 aromatic heterocycles. The number of ether oxygens (including phenoxy) is 2. The molecule has 0 atom stereocenters. The molecule has 30 heavy (non-hydrogen) atoms. The number of methoxy groups -OCH3 is 1. The standard InChI is InChI=1S/C20H16F4N2O3S/c1-28-8-9-29-16-7-6-12(20(22,23)24)10-15(16)26-18(27)17-11-25-19(30-17)13-4-2-3-5-14(13)21/h2-7,10-11H,8-9H2,1H3,(H,26,27). The average Bonchev–Trinajstić information content (AvgIpc) is 3.19. The molecule has 5 nitrogen and oxygen atoms in total. The Kier molecular flexibility index (Phi) is 6.68. The van der Waals surface area contributed by atoms with E-state index in [9.17, 15) is 22.4 Å². The predicted molar refractivity (Wildman–Crippen MR) is 104 cm³/mol. The van der Waals surface area contributed by atoms with Crippen LogP contribution in [-0.4, -0.2) is 31.2 Å². The number of carbonyl (C=O) groups is 1. The monoisotopic (exact) mass is 440 g/mol. The first kappa shape index (κ1) is 21.7. The molecule has 0 bridgehead atoms. The van der Waals surface area contributed by atoms with Crippen LogP contribution in [-0.2, 0) is 10.9 Å². The molecular formula is C20H16F4N2O3S. The zero-order chi connectivity index (χ0) is 21.7. The molecule has 0 spiro atoms. The maximum Gasteiger partial charge on any atom is 0.416 e. The zero-order valence-electron chi connectivity index (χ0n) is 15.6. The number of anilines is 1.